The van der Waals surface area contributed by atoms with E-state index in [2.05, 4.69) is 5.32 Å². The Morgan fingerprint density at radius 2 is 1.56 bits per heavy atom. The molecule has 0 aromatic heterocycles. The predicted molar refractivity (Wildman–Crippen MR) is 75.6 cm³/mol. The molecular weight excluding hydrogens is 222 g/mol. The maximum absolute atomic E-state index is 11.9. The number of hydrogen-bond donors (Lipinski definition) is 1. The van der Waals surface area contributed by atoms with Gasteiger partial charge in [-0.3, -0.25) is 4.79 Å². The first-order valence-electron chi connectivity index (χ1n) is 8.07. The van der Waals surface area contributed by atoms with Crippen LogP contribution in [0.15, 0.2) is 0 Å². The minimum absolute atomic E-state index is 0.520. The Bertz CT molecular complexity index is 215. The third-order valence-electron chi connectivity index (χ3n) is 4.79. The summed E-state index contributed by atoms with van der Waals surface area (Å²) in [5.74, 6) is 2.14. The minimum Gasteiger partial charge on any atom is -0.316 e. The normalized spacial score (nSPS) is 26.1. The number of piperidine rings is 1. The number of rotatable bonds is 6. The molecule has 0 aromatic rings. The van der Waals surface area contributed by atoms with E-state index < -0.39 is 0 Å². The lowest BCUT2D eigenvalue weighted by atomic mass is 9.85. The Balaban J connectivity index is 1.54. The lowest BCUT2D eigenvalue weighted by Crippen LogP contribution is -2.30. The zero-order valence-electron chi connectivity index (χ0n) is 11.8. The number of nitrogens with one attached hydrogen (secondary N) is 1. The first-order valence-corrected chi connectivity index (χ1v) is 8.07. The Labute approximate surface area is 112 Å². The van der Waals surface area contributed by atoms with Crippen molar-refractivity contribution in [3.05, 3.63) is 0 Å². The van der Waals surface area contributed by atoms with E-state index in [1.165, 1.54) is 57.9 Å². The van der Waals surface area contributed by atoms with Gasteiger partial charge in [-0.2, -0.15) is 0 Å². The molecule has 2 rings (SSSR count). The maximum atomic E-state index is 11.9. The third-order valence-corrected chi connectivity index (χ3v) is 4.79. The van der Waals surface area contributed by atoms with E-state index in [0.717, 1.165) is 37.6 Å². The van der Waals surface area contributed by atoms with Gasteiger partial charge in [0.15, 0.2) is 0 Å². The average molecular weight is 251 g/mol. The zero-order valence-corrected chi connectivity index (χ0v) is 11.8. The van der Waals surface area contributed by atoms with Crippen LogP contribution in [-0.4, -0.2) is 18.9 Å². The molecule has 1 aliphatic carbocycles. The van der Waals surface area contributed by atoms with Crippen LogP contribution in [0.2, 0.25) is 0 Å². The smallest absolute Gasteiger partial charge is 0.132 e. The molecule has 2 heteroatoms. The van der Waals surface area contributed by atoms with E-state index in [0.29, 0.717) is 5.78 Å². The van der Waals surface area contributed by atoms with Gasteiger partial charge in [0.05, 0.1) is 0 Å². The van der Waals surface area contributed by atoms with Crippen molar-refractivity contribution in [2.75, 3.05) is 13.1 Å². The van der Waals surface area contributed by atoms with E-state index >= 15 is 0 Å². The van der Waals surface area contributed by atoms with Gasteiger partial charge in [-0.05, 0) is 50.6 Å². The van der Waals surface area contributed by atoms with E-state index in [9.17, 15) is 4.79 Å². The van der Waals surface area contributed by atoms with Gasteiger partial charge < -0.3 is 5.32 Å². The molecule has 0 aromatic carbocycles. The van der Waals surface area contributed by atoms with Crippen LogP contribution in [0.1, 0.15) is 70.6 Å². The molecule has 2 fully saturated rings. The van der Waals surface area contributed by atoms with Crippen molar-refractivity contribution < 1.29 is 4.79 Å². The highest BCUT2D eigenvalue weighted by Crippen LogP contribution is 2.27. The van der Waals surface area contributed by atoms with Crippen LogP contribution in [0.25, 0.3) is 0 Å². The van der Waals surface area contributed by atoms with E-state index in [1.54, 1.807) is 0 Å². The van der Waals surface area contributed by atoms with Gasteiger partial charge >= 0.3 is 0 Å². The van der Waals surface area contributed by atoms with Gasteiger partial charge in [0.25, 0.3) is 0 Å². The third kappa shape index (κ3) is 5.09. The highest BCUT2D eigenvalue weighted by molar-refractivity contribution is 5.78. The molecular formula is C16H29NO. The van der Waals surface area contributed by atoms with Crippen LogP contribution in [0.5, 0.6) is 0 Å². The van der Waals surface area contributed by atoms with Crippen LogP contribution < -0.4 is 5.32 Å². The molecule has 0 amide bonds. The fourth-order valence-electron chi connectivity index (χ4n) is 3.50. The molecule has 0 radical (unpaired) electrons. The van der Waals surface area contributed by atoms with Crippen molar-refractivity contribution in [1.82, 2.24) is 5.32 Å². The van der Waals surface area contributed by atoms with Crippen molar-refractivity contribution in [3.63, 3.8) is 0 Å². The second-order valence-corrected chi connectivity index (χ2v) is 6.33. The molecule has 18 heavy (non-hydrogen) atoms. The van der Waals surface area contributed by atoms with E-state index in [-0.39, 0.29) is 0 Å². The summed E-state index contributed by atoms with van der Waals surface area (Å²) < 4.78 is 0. The van der Waals surface area contributed by atoms with Crippen molar-refractivity contribution in [1.29, 1.82) is 0 Å². The summed E-state index contributed by atoms with van der Waals surface area (Å²) >= 11 is 0. The maximum Gasteiger partial charge on any atom is 0.132 e. The number of Topliss-reactive ketones (excluding diaryl/α,β-unsaturated/α-hetero) is 1. The van der Waals surface area contributed by atoms with Crippen molar-refractivity contribution in [2.24, 2.45) is 11.8 Å². The van der Waals surface area contributed by atoms with Crippen LogP contribution in [-0.2, 0) is 4.79 Å². The highest BCUT2D eigenvalue weighted by Gasteiger charge is 2.17. The van der Waals surface area contributed by atoms with Crippen LogP contribution in [0, 0.1) is 11.8 Å². The average Bonchev–Trinajstić information content (AvgIpc) is 2.45. The zero-order chi connectivity index (χ0) is 12.6. The first-order chi connectivity index (χ1) is 8.84. The summed E-state index contributed by atoms with van der Waals surface area (Å²) in [6, 6.07) is 0. The van der Waals surface area contributed by atoms with Crippen molar-refractivity contribution >= 4 is 5.78 Å². The van der Waals surface area contributed by atoms with Crippen molar-refractivity contribution in [3.8, 4) is 0 Å². The fourth-order valence-corrected chi connectivity index (χ4v) is 3.50. The molecule has 2 nitrogen and oxygen atoms in total. The molecule has 104 valence electrons. The molecule has 1 unspecified atom stereocenters. The Morgan fingerprint density at radius 1 is 0.889 bits per heavy atom. The molecule has 0 bridgehead atoms. The summed E-state index contributed by atoms with van der Waals surface area (Å²) in [6.07, 6.45) is 13.5. The summed E-state index contributed by atoms with van der Waals surface area (Å²) in [7, 11) is 0. The van der Waals surface area contributed by atoms with Crippen molar-refractivity contribution in [2.45, 2.75) is 70.6 Å². The first kappa shape index (κ1) is 14.0. The number of carbonyl (C=O) groups is 1. The highest BCUT2D eigenvalue weighted by atomic mass is 16.1. The molecule has 1 saturated carbocycles. The quantitative estimate of drug-likeness (QED) is 0.780. The standard InChI is InChI=1S/C16H29NO/c18-16(10-8-14-5-2-1-3-6-14)11-9-15-7-4-12-17-13-15/h14-15,17H,1-13H2. The number of ketones is 1. The molecule has 1 N–H and O–H groups in total. The summed E-state index contributed by atoms with van der Waals surface area (Å²) in [5.41, 5.74) is 0. The van der Waals surface area contributed by atoms with E-state index in [1.807, 2.05) is 0 Å². The predicted octanol–water partition coefficient (Wildman–Crippen LogP) is 3.70. The Hall–Kier alpha value is -0.370. The second-order valence-electron chi connectivity index (χ2n) is 6.33. The molecule has 0 spiro atoms. The van der Waals surface area contributed by atoms with Crippen LogP contribution in [0.4, 0.5) is 0 Å². The molecule has 1 aliphatic heterocycles. The van der Waals surface area contributed by atoms with Gasteiger partial charge in [-0.25, -0.2) is 0 Å². The topological polar surface area (TPSA) is 29.1 Å². The van der Waals surface area contributed by atoms with E-state index in [4.69, 9.17) is 0 Å². The second kappa shape index (κ2) is 7.93. The molecule has 2 aliphatic rings. The molecule has 1 atom stereocenters. The van der Waals surface area contributed by atoms with Crippen LogP contribution in [0.3, 0.4) is 0 Å². The van der Waals surface area contributed by atoms with Gasteiger partial charge in [-0.1, -0.05) is 32.1 Å². The lowest BCUT2D eigenvalue weighted by Gasteiger charge is -2.23. The monoisotopic (exact) mass is 251 g/mol. The molecule has 1 saturated heterocycles. The summed E-state index contributed by atoms with van der Waals surface area (Å²) in [5, 5.41) is 3.43. The summed E-state index contributed by atoms with van der Waals surface area (Å²) in [6.45, 7) is 2.31. The number of hydrogen-bond acceptors (Lipinski definition) is 2. The minimum atomic E-state index is 0.520. The largest absolute Gasteiger partial charge is 0.316 e. The fraction of sp³-hybridized carbons (Fsp3) is 0.938. The molecule has 1 heterocycles. The van der Waals surface area contributed by atoms with Gasteiger partial charge in [-0.15, -0.1) is 0 Å². The Morgan fingerprint density at radius 3 is 2.22 bits per heavy atom. The number of carbonyl (C=O) groups excluding carboxylic acids is 1. The lowest BCUT2D eigenvalue weighted by molar-refractivity contribution is -0.119. The van der Waals surface area contributed by atoms with Crippen LogP contribution >= 0.6 is 0 Å². The summed E-state index contributed by atoms with van der Waals surface area (Å²) in [4.78, 5) is 11.9. The van der Waals surface area contributed by atoms with Gasteiger partial charge in [0.1, 0.15) is 5.78 Å². The SMILES string of the molecule is O=C(CCC1CCCCC1)CCC1CCCNC1. The van der Waals surface area contributed by atoms with Gasteiger partial charge in [0, 0.05) is 12.8 Å². The van der Waals surface area contributed by atoms with Gasteiger partial charge in [0.2, 0.25) is 0 Å². The Kier molecular flexibility index (Phi) is 6.19.